The summed E-state index contributed by atoms with van der Waals surface area (Å²) in [5, 5.41) is 42.4. The number of hydrogen-bond donors (Lipinski definition) is 4. The number of aliphatic hydroxyl groups is 3. The minimum absolute atomic E-state index is 0.0483. The minimum Gasteiger partial charge on any atom is -0.478 e. The van der Waals surface area contributed by atoms with E-state index in [4.69, 9.17) is 9.47 Å². The van der Waals surface area contributed by atoms with Crippen LogP contribution in [0.4, 0.5) is 0 Å². The first kappa shape index (κ1) is 24.8. The van der Waals surface area contributed by atoms with Gasteiger partial charge in [0.15, 0.2) is 0 Å². The highest BCUT2D eigenvalue weighted by molar-refractivity contribution is 5.86. The van der Waals surface area contributed by atoms with Crippen molar-refractivity contribution in [1.29, 1.82) is 0 Å². The summed E-state index contributed by atoms with van der Waals surface area (Å²) in [7, 11) is 0. The van der Waals surface area contributed by atoms with Crippen molar-refractivity contribution in [3.05, 3.63) is 12.2 Å². The Balaban J connectivity index is 2.41. The lowest BCUT2D eigenvalue weighted by Gasteiger charge is -2.36. The van der Waals surface area contributed by atoms with Crippen LogP contribution in [0.1, 0.15) is 72.6 Å². The highest BCUT2D eigenvalue weighted by Gasteiger charge is 2.49. The van der Waals surface area contributed by atoms with E-state index in [1.807, 2.05) is 0 Å². The molecule has 2 aliphatic heterocycles. The average Bonchev–Trinajstić information content (AvgIpc) is 3.05. The number of fused-ring (bicyclic) bond motifs is 2. The van der Waals surface area contributed by atoms with Crippen LogP contribution in [0.3, 0.4) is 0 Å². The van der Waals surface area contributed by atoms with Gasteiger partial charge in [-0.3, -0.25) is 4.79 Å². The first-order chi connectivity index (χ1) is 13.7. The molecule has 2 saturated heterocycles. The van der Waals surface area contributed by atoms with Gasteiger partial charge in [-0.25, -0.2) is 4.79 Å². The van der Waals surface area contributed by atoms with Gasteiger partial charge in [0.2, 0.25) is 0 Å². The molecule has 4 N–H and O–H groups in total. The Bertz CT molecular complexity index is 670. The molecule has 0 spiro atoms. The van der Waals surface area contributed by atoms with E-state index in [1.54, 1.807) is 13.8 Å². The molecule has 2 aliphatic rings. The fourth-order valence-corrected chi connectivity index (χ4v) is 4.56. The summed E-state index contributed by atoms with van der Waals surface area (Å²) >= 11 is 0. The maximum atomic E-state index is 11.7. The van der Waals surface area contributed by atoms with Crippen molar-refractivity contribution in [2.24, 2.45) is 5.92 Å². The van der Waals surface area contributed by atoms with E-state index in [0.717, 1.165) is 0 Å². The predicted molar refractivity (Wildman–Crippen MR) is 109 cm³/mol. The largest absolute Gasteiger partial charge is 0.478 e. The zero-order valence-electron chi connectivity index (χ0n) is 18.4. The summed E-state index contributed by atoms with van der Waals surface area (Å²) in [6.07, 6.45) is -0.380. The molecule has 2 heterocycles. The monoisotopic (exact) mass is 428 g/mol. The molecule has 8 heteroatoms. The number of carbonyl (C=O) groups excluding carboxylic acids is 1. The third kappa shape index (κ3) is 5.60. The third-order valence-electron chi connectivity index (χ3n) is 6.90. The lowest BCUT2D eigenvalue weighted by molar-refractivity contribution is -0.169. The maximum Gasteiger partial charge on any atom is 0.331 e. The summed E-state index contributed by atoms with van der Waals surface area (Å²) in [5.74, 6) is -2.39. The number of rotatable bonds is 3. The molecule has 2 bridgehead atoms. The summed E-state index contributed by atoms with van der Waals surface area (Å²) in [6.45, 7) is 9.86. The fourth-order valence-electron chi connectivity index (χ4n) is 4.56. The number of esters is 1. The molecule has 0 aliphatic carbocycles. The molecule has 0 aromatic rings. The summed E-state index contributed by atoms with van der Waals surface area (Å²) < 4.78 is 11.5. The van der Waals surface area contributed by atoms with Gasteiger partial charge in [-0.1, -0.05) is 6.58 Å². The van der Waals surface area contributed by atoms with Crippen LogP contribution in [0, 0.1) is 5.92 Å². The van der Waals surface area contributed by atoms with Crippen LogP contribution in [-0.2, 0) is 19.1 Å². The first-order valence-electron chi connectivity index (χ1n) is 10.6. The van der Waals surface area contributed by atoms with Gasteiger partial charge < -0.3 is 29.9 Å². The topological polar surface area (TPSA) is 134 Å². The van der Waals surface area contributed by atoms with Crippen LogP contribution < -0.4 is 0 Å². The first-order valence-corrected chi connectivity index (χ1v) is 10.6. The molecule has 2 fully saturated rings. The molecule has 0 saturated carbocycles. The van der Waals surface area contributed by atoms with E-state index in [2.05, 4.69) is 6.58 Å². The van der Waals surface area contributed by atoms with Gasteiger partial charge in [0.1, 0.15) is 6.10 Å². The number of hydrogen-bond acceptors (Lipinski definition) is 7. The molecule has 0 aromatic carbocycles. The van der Waals surface area contributed by atoms with Gasteiger partial charge >= 0.3 is 11.9 Å². The Labute approximate surface area is 177 Å². The third-order valence-corrected chi connectivity index (χ3v) is 6.90. The van der Waals surface area contributed by atoms with E-state index in [-0.39, 0.29) is 37.7 Å². The quantitative estimate of drug-likeness (QED) is 0.396. The molecule has 0 unspecified atom stereocenters. The van der Waals surface area contributed by atoms with E-state index in [9.17, 15) is 30.0 Å². The standard InChI is InChI=1S/C22H36O8/c1-13(19(25)26)15-6-9-20(3,27)17-8-11-22(5,30-17)16(24)7-10-21(4,28)18(12-15)29-14(2)23/h15-18,24,27-28H,1,6-12H2,2-5H3,(H,25,26)/t15-,16+,17+,18-,20-,21+,22+/m1/s1. The molecular weight excluding hydrogens is 392 g/mol. The van der Waals surface area contributed by atoms with E-state index in [1.165, 1.54) is 13.8 Å². The molecule has 172 valence electrons. The Morgan fingerprint density at radius 1 is 1.03 bits per heavy atom. The molecule has 8 nitrogen and oxygen atoms in total. The Morgan fingerprint density at radius 2 is 1.63 bits per heavy atom. The van der Waals surface area contributed by atoms with Crippen LogP contribution in [0.25, 0.3) is 0 Å². The molecule has 30 heavy (non-hydrogen) atoms. The lowest BCUT2D eigenvalue weighted by Crippen LogP contribution is -2.46. The van der Waals surface area contributed by atoms with Crippen LogP contribution in [0.15, 0.2) is 12.2 Å². The Kier molecular flexibility index (Phi) is 7.39. The highest BCUT2D eigenvalue weighted by atomic mass is 16.6. The predicted octanol–water partition coefficient (Wildman–Crippen LogP) is 1.94. The smallest absolute Gasteiger partial charge is 0.331 e. The second-order valence-electron chi connectivity index (χ2n) is 9.63. The van der Waals surface area contributed by atoms with Crippen LogP contribution in [-0.4, -0.2) is 67.5 Å². The fraction of sp³-hybridized carbons (Fsp3) is 0.818. The zero-order valence-corrected chi connectivity index (χ0v) is 18.4. The molecule has 0 amide bonds. The van der Waals surface area contributed by atoms with E-state index < -0.39 is 53.0 Å². The van der Waals surface area contributed by atoms with Gasteiger partial charge in [-0.05, 0) is 71.6 Å². The van der Waals surface area contributed by atoms with Crippen LogP contribution >= 0.6 is 0 Å². The molecule has 0 radical (unpaired) electrons. The second-order valence-corrected chi connectivity index (χ2v) is 9.63. The van der Waals surface area contributed by atoms with Gasteiger partial charge in [0.05, 0.1) is 29.0 Å². The SMILES string of the molecule is C=C(C(=O)O)[C@@H]1CC[C@@](C)(O)[C@@H]2CC[C@](C)(O2)[C@@H](O)CC[C@](C)(O)[C@H](OC(C)=O)C1. The van der Waals surface area contributed by atoms with Crippen molar-refractivity contribution in [2.45, 2.75) is 108 Å². The van der Waals surface area contributed by atoms with Gasteiger partial charge in [0, 0.05) is 12.5 Å². The number of carboxylic acids is 1. The van der Waals surface area contributed by atoms with Gasteiger partial charge in [-0.15, -0.1) is 0 Å². The molecule has 0 aromatic heterocycles. The number of aliphatic carboxylic acids is 1. The van der Waals surface area contributed by atoms with Crippen molar-refractivity contribution < 1.29 is 39.5 Å². The van der Waals surface area contributed by atoms with Crippen molar-refractivity contribution in [2.75, 3.05) is 0 Å². The molecule has 7 atom stereocenters. The average molecular weight is 429 g/mol. The zero-order chi connectivity index (χ0) is 22.9. The van der Waals surface area contributed by atoms with E-state index in [0.29, 0.717) is 12.8 Å². The summed E-state index contributed by atoms with van der Waals surface area (Å²) in [4.78, 5) is 23.3. The second kappa shape index (κ2) is 8.94. The van der Waals surface area contributed by atoms with E-state index >= 15 is 0 Å². The van der Waals surface area contributed by atoms with Gasteiger partial charge in [0.25, 0.3) is 0 Å². The number of carbonyl (C=O) groups is 2. The van der Waals surface area contributed by atoms with Crippen molar-refractivity contribution in [1.82, 2.24) is 0 Å². The van der Waals surface area contributed by atoms with Crippen LogP contribution in [0.5, 0.6) is 0 Å². The number of aliphatic hydroxyl groups excluding tert-OH is 1. The van der Waals surface area contributed by atoms with Crippen molar-refractivity contribution >= 4 is 11.9 Å². The van der Waals surface area contributed by atoms with Crippen molar-refractivity contribution in [3.8, 4) is 0 Å². The van der Waals surface area contributed by atoms with Crippen LogP contribution in [0.2, 0.25) is 0 Å². The Morgan fingerprint density at radius 3 is 2.20 bits per heavy atom. The summed E-state index contributed by atoms with van der Waals surface area (Å²) in [5.41, 5.74) is -3.65. The maximum absolute atomic E-state index is 11.7. The molecule has 2 rings (SSSR count). The number of carboxylic acid groups (broad SMARTS) is 1. The van der Waals surface area contributed by atoms with Crippen molar-refractivity contribution in [3.63, 3.8) is 0 Å². The summed E-state index contributed by atoms with van der Waals surface area (Å²) in [6, 6.07) is 0. The van der Waals surface area contributed by atoms with Gasteiger partial charge in [-0.2, -0.15) is 0 Å². The number of ether oxygens (including phenoxy) is 2. The highest BCUT2D eigenvalue weighted by Crippen LogP contribution is 2.42. The Hall–Kier alpha value is -1.48. The normalized spacial score (nSPS) is 43.0. The minimum atomic E-state index is -1.49. The molecular formula is C22H36O8. The lowest BCUT2D eigenvalue weighted by atomic mass is 9.78.